The summed E-state index contributed by atoms with van der Waals surface area (Å²) in [4.78, 5) is 26.1. The summed E-state index contributed by atoms with van der Waals surface area (Å²) in [6, 6.07) is 13.1. The van der Waals surface area contributed by atoms with Gasteiger partial charge in [0.25, 0.3) is 11.1 Å². The van der Waals surface area contributed by atoms with Gasteiger partial charge < -0.3 is 11.5 Å². The van der Waals surface area contributed by atoms with E-state index in [1.165, 1.54) is 4.68 Å². The second kappa shape index (κ2) is 5.61. The van der Waals surface area contributed by atoms with Gasteiger partial charge in [0.1, 0.15) is 23.5 Å². The van der Waals surface area contributed by atoms with E-state index >= 15 is 0 Å². The average Bonchev–Trinajstić information content (AvgIpc) is 2.93. The van der Waals surface area contributed by atoms with Crippen LogP contribution >= 0.6 is 15.9 Å². The zero-order chi connectivity index (χ0) is 18.6. The molecule has 0 spiro atoms. The lowest BCUT2D eigenvalue weighted by Gasteiger charge is -2.17. The minimum Gasteiger partial charge on any atom is -0.398 e. The van der Waals surface area contributed by atoms with Crippen molar-refractivity contribution in [2.45, 2.75) is 6.04 Å². The minimum atomic E-state index is -0.779. The smallest absolute Gasteiger partial charge is 0.281 e. The molecule has 1 aromatic heterocycles. The molecular formula is C18H12BrN5O2. The molecule has 1 atom stereocenters. The summed E-state index contributed by atoms with van der Waals surface area (Å²) in [5.41, 5.74) is 12.0. The third kappa shape index (κ3) is 2.04. The molecule has 8 heteroatoms. The standard InChI is InChI=1S/C18H12BrN5O2/c19-10-6-4-9(5-7-10)15-12(8-20)16(22)24-18(26)14-11(17(25)23(15)24)2-1-3-13(14)21/h1-7,15H,21-22H2. The van der Waals surface area contributed by atoms with E-state index in [2.05, 4.69) is 15.9 Å². The zero-order valence-corrected chi connectivity index (χ0v) is 14.9. The topological polar surface area (TPSA) is 120 Å². The molecule has 4 rings (SSSR count). The number of hydrogen-bond acceptors (Lipinski definition) is 5. The van der Waals surface area contributed by atoms with Crippen molar-refractivity contribution in [3.63, 3.8) is 0 Å². The van der Waals surface area contributed by atoms with Crippen LogP contribution in [0.3, 0.4) is 0 Å². The molecule has 4 N–H and O–H groups in total. The first-order chi connectivity index (χ1) is 12.5. The van der Waals surface area contributed by atoms with E-state index in [4.69, 9.17) is 11.5 Å². The van der Waals surface area contributed by atoms with Crippen molar-refractivity contribution in [1.82, 2.24) is 9.36 Å². The van der Waals surface area contributed by atoms with Crippen LogP contribution < -0.4 is 22.6 Å². The molecule has 7 nitrogen and oxygen atoms in total. The molecule has 2 heterocycles. The molecule has 128 valence electrons. The first-order valence-electron chi connectivity index (χ1n) is 7.67. The van der Waals surface area contributed by atoms with Crippen molar-refractivity contribution in [1.29, 1.82) is 5.26 Å². The molecule has 0 aliphatic carbocycles. The van der Waals surface area contributed by atoms with Crippen LogP contribution in [-0.4, -0.2) is 9.36 Å². The predicted octanol–water partition coefficient (Wildman–Crippen LogP) is 1.76. The molecule has 0 bridgehead atoms. The first-order valence-corrected chi connectivity index (χ1v) is 8.46. The molecule has 1 unspecified atom stereocenters. The Hall–Kier alpha value is -3.31. The fourth-order valence-corrected chi connectivity index (χ4v) is 3.58. The van der Waals surface area contributed by atoms with Crippen molar-refractivity contribution in [2.24, 2.45) is 5.73 Å². The Morgan fingerprint density at radius 3 is 2.38 bits per heavy atom. The van der Waals surface area contributed by atoms with Gasteiger partial charge in [-0.1, -0.05) is 34.1 Å². The lowest BCUT2D eigenvalue weighted by atomic mass is 10.0. The van der Waals surface area contributed by atoms with E-state index in [0.717, 1.165) is 9.15 Å². The second-order valence-electron chi connectivity index (χ2n) is 5.90. The third-order valence-corrected chi connectivity index (χ3v) is 5.01. The Kier molecular flexibility index (Phi) is 3.49. The van der Waals surface area contributed by atoms with Crippen molar-refractivity contribution in [3.05, 3.63) is 78.8 Å². The van der Waals surface area contributed by atoms with Gasteiger partial charge >= 0.3 is 0 Å². The van der Waals surface area contributed by atoms with Gasteiger partial charge in [-0.2, -0.15) is 9.94 Å². The minimum absolute atomic E-state index is 0.0623. The van der Waals surface area contributed by atoms with Crippen LogP contribution in [0.5, 0.6) is 0 Å². The number of fused-ring (bicyclic) bond motifs is 2. The highest BCUT2D eigenvalue weighted by atomic mass is 79.9. The molecule has 0 fully saturated rings. The van der Waals surface area contributed by atoms with Gasteiger partial charge in [0.15, 0.2) is 0 Å². The molecule has 0 saturated heterocycles. The van der Waals surface area contributed by atoms with Gasteiger partial charge in [-0.15, -0.1) is 0 Å². The Labute approximate surface area is 155 Å². The van der Waals surface area contributed by atoms with Crippen LogP contribution in [0.2, 0.25) is 0 Å². The molecule has 3 aromatic rings. The monoisotopic (exact) mass is 409 g/mol. The largest absolute Gasteiger partial charge is 0.398 e. The number of halogens is 1. The van der Waals surface area contributed by atoms with Crippen molar-refractivity contribution >= 4 is 38.2 Å². The van der Waals surface area contributed by atoms with Crippen LogP contribution in [0.15, 0.2) is 62.1 Å². The highest BCUT2D eigenvalue weighted by molar-refractivity contribution is 9.10. The Bertz CT molecular complexity index is 1260. The second-order valence-corrected chi connectivity index (χ2v) is 6.82. The number of nitrogens with two attached hydrogens (primary N) is 2. The quantitative estimate of drug-likeness (QED) is 0.593. The molecular weight excluding hydrogens is 398 g/mol. The molecule has 0 radical (unpaired) electrons. The third-order valence-electron chi connectivity index (χ3n) is 4.49. The SMILES string of the molecule is N#CC1=C(N)n2c(=O)c3c(N)cccc3c(=O)n2C1c1ccc(Br)cc1. The molecule has 1 aliphatic rings. The molecule has 0 saturated carbocycles. The van der Waals surface area contributed by atoms with E-state index in [-0.39, 0.29) is 27.9 Å². The van der Waals surface area contributed by atoms with Gasteiger partial charge in [-0.3, -0.25) is 9.59 Å². The maximum Gasteiger partial charge on any atom is 0.281 e. The van der Waals surface area contributed by atoms with E-state index < -0.39 is 17.2 Å². The first kappa shape index (κ1) is 16.2. The zero-order valence-electron chi connectivity index (χ0n) is 13.3. The summed E-state index contributed by atoms with van der Waals surface area (Å²) in [5.74, 6) is -0.0623. The molecule has 26 heavy (non-hydrogen) atoms. The van der Waals surface area contributed by atoms with Crippen molar-refractivity contribution in [3.8, 4) is 6.07 Å². The maximum atomic E-state index is 13.1. The fraction of sp³-hybridized carbons (Fsp3) is 0.0556. The number of hydrogen-bond donors (Lipinski definition) is 2. The maximum absolute atomic E-state index is 13.1. The van der Waals surface area contributed by atoms with Crippen LogP contribution in [-0.2, 0) is 0 Å². The lowest BCUT2D eigenvalue weighted by molar-refractivity contribution is 0.539. The Morgan fingerprint density at radius 2 is 1.73 bits per heavy atom. The number of nitrogen functional groups attached to an aromatic ring is 1. The number of anilines is 1. The summed E-state index contributed by atoms with van der Waals surface area (Å²) in [7, 11) is 0. The van der Waals surface area contributed by atoms with E-state index in [0.29, 0.717) is 5.56 Å². The van der Waals surface area contributed by atoms with Crippen LogP contribution in [0.1, 0.15) is 11.6 Å². The molecule has 2 aromatic carbocycles. The summed E-state index contributed by atoms with van der Waals surface area (Å²) in [6.45, 7) is 0. The van der Waals surface area contributed by atoms with Gasteiger partial charge in [0, 0.05) is 10.2 Å². The van der Waals surface area contributed by atoms with E-state index in [1.54, 1.807) is 42.5 Å². The van der Waals surface area contributed by atoms with E-state index in [9.17, 15) is 14.9 Å². The van der Waals surface area contributed by atoms with Gasteiger partial charge in [-0.25, -0.2) is 4.68 Å². The number of allylic oxidation sites excluding steroid dienone is 1. The normalized spacial score (nSPS) is 15.9. The number of benzene rings is 2. The lowest BCUT2D eigenvalue weighted by Crippen LogP contribution is -2.38. The average molecular weight is 410 g/mol. The molecule has 1 aliphatic heterocycles. The predicted molar refractivity (Wildman–Crippen MR) is 102 cm³/mol. The summed E-state index contributed by atoms with van der Waals surface area (Å²) in [5, 5.41) is 9.91. The highest BCUT2D eigenvalue weighted by Gasteiger charge is 2.34. The summed E-state index contributed by atoms with van der Waals surface area (Å²) in [6.07, 6.45) is 0. The van der Waals surface area contributed by atoms with Gasteiger partial charge in [-0.05, 0) is 29.8 Å². The number of nitrogens with zero attached hydrogens (tertiary/aromatic N) is 3. The number of aromatic nitrogens is 2. The fourth-order valence-electron chi connectivity index (χ4n) is 3.31. The van der Waals surface area contributed by atoms with Gasteiger partial charge in [0.05, 0.1) is 10.8 Å². The van der Waals surface area contributed by atoms with Crippen LogP contribution in [0.25, 0.3) is 16.6 Å². The summed E-state index contributed by atoms with van der Waals surface area (Å²) >= 11 is 3.36. The van der Waals surface area contributed by atoms with Crippen molar-refractivity contribution in [2.75, 3.05) is 5.73 Å². The highest BCUT2D eigenvalue weighted by Crippen LogP contribution is 2.33. The summed E-state index contributed by atoms with van der Waals surface area (Å²) < 4.78 is 3.12. The van der Waals surface area contributed by atoms with Crippen LogP contribution in [0, 0.1) is 11.3 Å². The Morgan fingerprint density at radius 1 is 1.04 bits per heavy atom. The molecule has 0 amide bonds. The van der Waals surface area contributed by atoms with Gasteiger partial charge in [0.2, 0.25) is 0 Å². The van der Waals surface area contributed by atoms with Crippen molar-refractivity contribution < 1.29 is 0 Å². The van der Waals surface area contributed by atoms with E-state index in [1.807, 2.05) is 6.07 Å². The Balaban J connectivity index is 2.17. The number of rotatable bonds is 1. The van der Waals surface area contributed by atoms with Crippen LogP contribution in [0.4, 0.5) is 5.69 Å². The number of nitriles is 1.